The molecule has 1 unspecified atom stereocenters. The first-order valence-corrected chi connectivity index (χ1v) is 7.30. The molecule has 0 heterocycles. The first kappa shape index (κ1) is 16.0. The molecule has 1 N–H and O–H groups in total. The third-order valence-electron chi connectivity index (χ3n) is 3.44. The topological polar surface area (TPSA) is 21.3 Å². The zero-order valence-corrected chi connectivity index (χ0v) is 13.3. The molecule has 1 rings (SSSR count). The van der Waals surface area contributed by atoms with E-state index in [4.69, 9.17) is 4.74 Å². The van der Waals surface area contributed by atoms with E-state index in [0.29, 0.717) is 18.6 Å². The summed E-state index contributed by atoms with van der Waals surface area (Å²) >= 11 is 0. The van der Waals surface area contributed by atoms with E-state index in [1.54, 1.807) is 0 Å². The molecule has 1 aromatic rings. The zero-order chi connectivity index (χ0) is 14.5. The van der Waals surface area contributed by atoms with Gasteiger partial charge in [-0.3, -0.25) is 0 Å². The van der Waals surface area contributed by atoms with Gasteiger partial charge in [-0.05, 0) is 35.6 Å². The van der Waals surface area contributed by atoms with Crippen molar-refractivity contribution < 1.29 is 4.74 Å². The Hall–Kier alpha value is -1.02. The lowest BCUT2D eigenvalue weighted by atomic mass is 9.87. The van der Waals surface area contributed by atoms with E-state index in [9.17, 15) is 0 Å². The van der Waals surface area contributed by atoms with Gasteiger partial charge in [0.25, 0.3) is 0 Å². The van der Waals surface area contributed by atoms with Gasteiger partial charge in [0.2, 0.25) is 0 Å². The lowest BCUT2D eigenvalue weighted by molar-refractivity contribution is 0.176. The molecule has 0 aromatic heterocycles. The third kappa shape index (κ3) is 5.23. The highest BCUT2D eigenvalue weighted by molar-refractivity contribution is 5.30. The van der Waals surface area contributed by atoms with Crippen LogP contribution in [-0.2, 0) is 0 Å². The summed E-state index contributed by atoms with van der Waals surface area (Å²) in [5.74, 6) is 1.51. The first-order valence-electron chi connectivity index (χ1n) is 7.30. The van der Waals surface area contributed by atoms with Crippen LogP contribution >= 0.6 is 0 Å². The maximum Gasteiger partial charge on any atom is 0.119 e. The Bertz CT molecular complexity index is 379. The Labute approximate surface area is 118 Å². The molecular formula is C17H29NO. The number of hydrogen-bond donors (Lipinski definition) is 1. The van der Waals surface area contributed by atoms with E-state index in [0.717, 1.165) is 12.3 Å². The van der Waals surface area contributed by atoms with Crippen molar-refractivity contribution in [3.63, 3.8) is 0 Å². The Morgan fingerprint density at radius 1 is 1.21 bits per heavy atom. The van der Waals surface area contributed by atoms with Crippen molar-refractivity contribution in [1.82, 2.24) is 5.32 Å². The van der Waals surface area contributed by atoms with Crippen molar-refractivity contribution in [2.24, 2.45) is 5.41 Å². The van der Waals surface area contributed by atoms with Crippen molar-refractivity contribution in [3.05, 3.63) is 29.8 Å². The predicted molar refractivity (Wildman–Crippen MR) is 82.9 cm³/mol. The molecule has 0 amide bonds. The van der Waals surface area contributed by atoms with Gasteiger partial charge in [-0.1, -0.05) is 53.7 Å². The second-order valence-electron chi connectivity index (χ2n) is 6.51. The van der Waals surface area contributed by atoms with Gasteiger partial charge < -0.3 is 10.1 Å². The lowest BCUT2D eigenvalue weighted by Crippen LogP contribution is -2.44. The molecule has 0 aliphatic carbocycles. The summed E-state index contributed by atoms with van der Waals surface area (Å²) in [4.78, 5) is 0. The van der Waals surface area contributed by atoms with Crippen LogP contribution in [0.25, 0.3) is 0 Å². The lowest BCUT2D eigenvalue weighted by Gasteiger charge is -2.31. The van der Waals surface area contributed by atoms with Crippen LogP contribution in [0.4, 0.5) is 0 Å². The Balaban J connectivity index is 2.66. The van der Waals surface area contributed by atoms with E-state index in [-0.39, 0.29) is 5.41 Å². The SMILES string of the molecule is CCNC(COc1cccc(C(C)C)c1)C(C)(C)C. The second kappa shape index (κ2) is 6.95. The van der Waals surface area contributed by atoms with E-state index in [1.165, 1.54) is 5.56 Å². The summed E-state index contributed by atoms with van der Waals surface area (Å²) in [5, 5.41) is 3.51. The van der Waals surface area contributed by atoms with Crippen LogP contribution < -0.4 is 10.1 Å². The molecule has 1 atom stereocenters. The summed E-state index contributed by atoms with van der Waals surface area (Å²) in [7, 11) is 0. The number of benzene rings is 1. The average molecular weight is 263 g/mol. The van der Waals surface area contributed by atoms with Gasteiger partial charge in [0.1, 0.15) is 12.4 Å². The molecule has 0 aliphatic rings. The maximum atomic E-state index is 5.98. The number of hydrogen-bond acceptors (Lipinski definition) is 2. The van der Waals surface area contributed by atoms with Crippen molar-refractivity contribution in [3.8, 4) is 5.75 Å². The zero-order valence-electron chi connectivity index (χ0n) is 13.3. The van der Waals surface area contributed by atoms with E-state index in [2.05, 4.69) is 65.1 Å². The fraction of sp³-hybridized carbons (Fsp3) is 0.647. The second-order valence-corrected chi connectivity index (χ2v) is 6.51. The van der Waals surface area contributed by atoms with Crippen LogP contribution in [-0.4, -0.2) is 19.2 Å². The molecule has 0 spiro atoms. The molecule has 0 saturated heterocycles. The summed E-state index contributed by atoms with van der Waals surface area (Å²) < 4.78 is 5.98. The maximum absolute atomic E-state index is 5.98. The van der Waals surface area contributed by atoms with Gasteiger partial charge in [-0.2, -0.15) is 0 Å². The van der Waals surface area contributed by atoms with Crippen molar-refractivity contribution >= 4 is 0 Å². The molecule has 0 aliphatic heterocycles. The molecule has 2 nitrogen and oxygen atoms in total. The fourth-order valence-electron chi connectivity index (χ4n) is 2.00. The summed E-state index contributed by atoms with van der Waals surface area (Å²) in [6.45, 7) is 15.0. The highest BCUT2D eigenvalue weighted by atomic mass is 16.5. The summed E-state index contributed by atoms with van der Waals surface area (Å²) in [6.07, 6.45) is 0. The molecule has 0 radical (unpaired) electrons. The fourth-order valence-corrected chi connectivity index (χ4v) is 2.00. The quantitative estimate of drug-likeness (QED) is 0.830. The predicted octanol–water partition coefficient (Wildman–Crippen LogP) is 4.21. The Morgan fingerprint density at radius 2 is 1.89 bits per heavy atom. The largest absolute Gasteiger partial charge is 0.492 e. The Morgan fingerprint density at radius 3 is 2.42 bits per heavy atom. The molecule has 108 valence electrons. The molecule has 2 heteroatoms. The monoisotopic (exact) mass is 263 g/mol. The number of ether oxygens (including phenoxy) is 1. The van der Waals surface area contributed by atoms with Crippen LogP contribution in [0.3, 0.4) is 0 Å². The smallest absolute Gasteiger partial charge is 0.119 e. The summed E-state index contributed by atoms with van der Waals surface area (Å²) in [5.41, 5.74) is 1.53. The van der Waals surface area contributed by atoms with Crippen molar-refractivity contribution in [2.45, 2.75) is 53.5 Å². The average Bonchev–Trinajstić information content (AvgIpc) is 2.33. The van der Waals surface area contributed by atoms with Gasteiger partial charge in [-0.25, -0.2) is 0 Å². The summed E-state index contributed by atoms with van der Waals surface area (Å²) in [6, 6.07) is 8.78. The van der Waals surface area contributed by atoms with E-state index >= 15 is 0 Å². The normalized spacial score (nSPS) is 13.6. The highest BCUT2D eigenvalue weighted by Crippen LogP contribution is 2.23. The third-order valence-corrected chi connectivity index (χ3v) is 3.44. The van der Waals surface area contributed by atoms with Gasteiger partial charge in [0, 0.05) is 6.04 Å². The molecule has 0 fully saturated rings. The van der Waals surface area contributed by atoms with Gasteiger partial charge in [0.15, 0.2) is 0 Å². The standard InChI is InChI=1S/C17H29NO/c1-7-18-16(17(4,5)6)12-19-15-10-8-9-14(11-15)13(2)3/h8-11,13,16,18H,7,12H2,1-6H3. The van der Waals surface area contributed by atoms with Crippen LogP contribution in [0.1, 0.15) is 53.0 Å². The van der Waals surface area contributed by atoms with E-state index in [1.807, 2.05) is 6.07 Å². The Kier molecular flexibility index (Phi) is 5.86. The molecule has 0 bridgehead atoms. The van der Waals surface area contributed by atoms with E-state index < -0.39 is 0 Å². The minimum atomic E-state index is 0.200. The van der Waals surface area contributed by atoms with Crippen LogP contribution in [0.15, 0.2) is 24.3 Å². The minimum absolute atomic E-state index is 0.200. The van der Waals surface area contributed by atoms with Crippen LogP contribution in [0.5, 0.6) is 5.75 Å². The van der Waals surface area contributed by atoms with Crippen molar-refractivity contribution in [2.75, 3.05) is 13.2 Å². The highest BCUT2D eigenvalue weighted by Gasteiger charge is 2.24. The molecular weight excluding hydrogens is 234 g/mol. The van der Waals surface area contributed by atoms with Crippen LogP contribution in [0, 0.1) is 5.41 Å². The first-order chi connectivity index (χ1) is 8.84. The molecule has 19 heavy (non-hydrogen) atoms. The van der Waals surface area contributed by atoms with Gasteiger partial charge >= 0.3 is 0 Å². The van der Waals surface area contributed by atoms with Crippen LogP contribution in [0.2, 0.25) is 0 Å². The number of nitrogens with one attached hydrogen (secondary N) is 1. The number of likely N-dealkylation sites (N-methyl/N-ethyl adjacent to an activating group) is 1. The number of rotatable bonds is 6. The molecule has 1 aromatic carbocycles. The van der Waals surface area contributed by atoms with Gasteiger partial charge in [0.05, 0.1) is 0 Å². The minimum Gasteiger partial charge on any atom is -0.492 e. The van der Waals surface area contributed by atoms with Crippen molar-refractivity contribution in [1.29, 1.82) is 0 Å². The molecule has 0 saturated carbocycles. The van der Waals surface area contributed by atoms with Gasteiger partial charge in [-0.15, -0.1) is 0 Å².